The summed E-state index contributed by atoms with van der Waals surface area (Å²) >= 11 is 8.99. The second kappa shape index (κ2) is 4.34. The molecule has 1 aromatic carbocycles. The van der Waals surface area contributed by atoms with Gasteiger partial charge in [-0.1, -0.05) is 11.6 Å². The van der Waals surface area contributed by atoms with E-state index >= 15 is 0 Å². The summed E-state index contributed by atoms with van der Waals surface area (Å²) in [6.07, 6.45) is 0. The van der Waals surface area contributed by atoms with Crippen LogP contribution in [0.1, 0.15) is 10.5 Å². The topological polar surface area (TPSA) is 105 Å². The van der Waals surface area contributed by atoms with Crippen LogP contribution in [0.2, 0.25) is 5.02 Å². The molecule has 1 heterocycles. The lowest BCUT2D eigenvalue weighted by molar-refractivity contribution is 0.0996. The second-order valence-corrected chi connectivity index (χ2v) is 4.46. The number of hydrogen-bond acceptors (Lipinski definition) is 4. The lowest BCUT2D eigenvalue weighted by Gasteiger charge is -2.05. The number of nitrogens with two attached hydrogens (primary N) is 1. The van der Waals surface area contributed by atoms with E-state index in [9.17, 15) is 9.90 Å². The van der Waals surface area contributed by atoms with E-state index in [2.05, 4.69) is 31.3 Å². The normalized spacial score (nSPS) is 10.5. The van der Waals surface area contributed by atoms with E-state index in [0.717, 1.165) is 0 Å². The zero-order chi connectivity index (χ0) is 12.6. The Labute approximate surface area is 109 Å². The molecule has 0 fully saturated rings. The largest absolute Gasteiger partial charge is 0.506 e. The van der Waals surface area contributed by atoms with Crippen LogP contribution in [0.3, 0.4) is 0 Å². The Morgan fingerprint density at radius 3 is 2.82 bits per heavy atom. The molecule has 0 aliphatic heterocycles. The van der Waals surface area contributed by atoms with Crippen molar-refractivity contribution in [2.24, 2.45) is 5.73 Å². The van der Waals surface area contributed by atoms with Gasteiger partial charge in [-0.25, -0.2) is 0 Å². The number of H-pyrrole nitrogens is 1. The zero-order valence-corrected chi connectivity index (χ0v) is 10.6. The van der Waals surface area contributed by atoms with Gasteiger partial charge in [0.05, 0.1) is 4.47 Å². The minimum atomic E-state index is -0.746. The predicted octanol–water partition coefficient (Wildman–Crippen LogP) is 1.69. The summed E-state index contributed by atoms with van der Waals surface area (Å²) in [7, 11) is 0. The fourth-order valence-electron chi connectivity index (χ4n) is 1.34. The average Bonchev–Trinajstić information content (AvgIpc) is 2.72. The van der Waals surface area contributed by atoms with Gasteiger partial charge in [0.1, 0.15) is 11.4 Å². The number of aromatic hydroxyl groups is 1. The van der Waals surface area contributed by atoms with Gasteiger partial charge in [0.15, 0.2) is 5.69 Å². The summed E-state index contributed by atoms with van der Waals surface area (Å²) in [5.74, 6) is -0.838. The molecule has 6 nitrogen and oxygen atoms in total. The van der Waals surface area contributed by atoms with Gasteiger partial charge in [0.25, 0.3) is 5.91 Å². The van der Waals surface area contributed by atoms with E-state index in [-0.39, 0.29) is 22.7 Å². The highest BCUT2D eigenvalue weighted by molar-refractivity contribution is 9.10. The maximum atomic E-state index is 11.1. The Morgan fingerprint density at radius 2 is 2.18 bits per heavy atom. The van der Waals surface area contributed by atoms with Gasteiger partial charge in [-0.15, -0.1) is 0 Å². The van der Waals surface area contributed by atoms with Crippen LogP contribution in [0, 0.1) is 0 Å². The summed E-state index contributed by atoms with van der Waals surface area (Å²) in [6.45, 7) is 0. The number of rotatable bonds is 2. The summed E-state index contributed by atoms with van der Waals surface area (Å²) in [5.41, 5.74) is 5.50. The van der Waals surface area contributed by atoms with Crippen molar-refractivity contribution in [3.05, 3.63) is 27.3 Å². The number of halogens is 2. The molecular weight excluding hydrogens is 311 g/mol. The Morgan fingerprint density at radius 1 is 1.47 bits per heavy atom. The first kappa shape index (κ1) is 11.9. The van der Waals surface area contributed by atoms with Gasteiger partial charge in [0.2, 0.25) is 0 Å². The van der Waals surface area contributed by atoms with Gasteiger partial charge in [-0.2, -0.15) is 15.4 Å². The second-order valence-electron chi connectivity index (χ2n) is 3.17. The molecule has 8 heteroatoms. The van der Waals surface area contributed by atoms with Crippen molar-refractivity contribution in [3.63, 3.8) is 0 Å². The smallest absolute Gasteiger partial charge is 0.271 e. The molecule has 0 bridgehead atoms. The van der Waals surface area contributed by atoms with Crippen LogP contribution < -0.4 is 5.73 Å². The first-order valence-electron chi connectivity index (χ1n) is 4.39. The molecule has 0 unspecified atom stereocenters. The molecule has 17 heavy (non-hydrogen) atoms. The molecule has 1 aromatic heterocycles. The number of aromatic amines is 1. The van der Waals surface area contributed by atoms with E-state index in [1.54, 1.807) is 0 Å². The molecule has 0 spiro atoms. The lowest BCUT2D eigenvalue weighted by Crippen LogP contribution is -2.12. The number of nitrogens with one attached hydrogen (secondary N) is 1. The molecule has 0 atom stereocenters. The van der Waals surface area contributed by atoms with Crippen LogP contribution in [-0.2, 0) is 0 Å². The van der Waals surface area contributed by atoms with Crippen LogP contribution in [-0.4, -0.2) is 26.4 Å². The molecular formula is C9H6BrClN4O2. The molecule has 0 radical (unpaired) electrons. The minimum Gasteiger partial charge on any atom is -0.506 e. The highest BCUT2D eigenvalue weighted by Crippen LogP contribution is 2.37. The first-order valence-corrected chi connectivity index (χ1v) is 5.56. The van der Waals surface area contributed by atoms with E-state index in [1.165, 1.54) is 12.1 Å². The molecule has 0 saturated carbocycles. The number of aromatic nitrogens is 3. The van der Waals surface area contributed by atoms with Crippen LogP contribution in [0.4, 0.5) is 0 Å². The Balaban J connectivity index is 2.68. The van der Waals surface area contributed by atoms with Crippen LogP contribution >= 0.6 is 27.5 Å². The summed E-state index contributed by atoms with van der Waals surface area (Å²) < 4.78 is 0.387. The van der Waals surface area contributed by atoms with E-state index in [4.69, 9.17) is 17.3 Å². The molecule has 0 aliphatic carbocycles. The summed E-state index contributed by atoms with van der Waals surface area (Å²) in [4.78, 5) is 11.1. The highest BCUT2D eigenvalue weighted by Gasteiger charge is 2.19. The molecule has 1 amide bonds. The summed E-state index contributed by atoms with van der Waals surface area (Å²) in [6, 6.07) is 2.98. The number of carbonyl (C=O) groups is 1. The van der Waals surface area contributed by atoms with Crippen molar-refractivity contribution in [1.29, 1.82) is 0 Å². The SMILES string of the molecule is NC(=O)c1n[nH]nc1-c1cc(Cl)cc(Br)c1O. The first-order chi connectivity index (χ1) is 8.00. The monoisotopic (exact) mass is 316 g/mol. The van der Waals surface area contributed by atoms with E-state index < -0.39 is 5.91 Å². The molecule has 0 aliphatic rings. The number of nitrogens with zero attached hydrogens (tertiary/aromatic N) is 2. The van der Waals surface area contributed by atoms with Gasteiger partial charge < -0.3 is 10.8 Å². The maximum Gasteiger partial charge on any atom is 0.271 e. The third-order valence-electron chi connectivity index (χ3n) is 2.06. The van der Waals surface area contributed by atoms with Crippen molar-refractivity contribution < 1.29 is 9.90 Å². The van der Waals surface area contributed by atoms with Crippen molar-refractivity contribution in [2.75, 3.05) is 0 Å². The van der Waals surface area contributed by atoms with E-state index in [0.29, 0.717) is 9.50 Å². The Hall–Kier alpha value is -1.60. The standard InChI is InChI=1S/C9H6BrClN4O2/c10-5-2-3(11)1-4(8(5)16)6-7(9(12)17)14-15-13-6/h1-2,16H,(H2,12,17)(H,13,14,15). The fraction of sp³-hybridized carbons (Fsp3) is 0. The maximum absolute atomic E-state index is 11.1. The third kappa shape index (κ3) is 2.11. The molecule has 2 aromatic rings. The number of phenols is 1. The predicted molar refractivity (Wildman–Crippen MR) is 64.7 cm³/mol. The number of amides is 1. The van der Waals surface area contributed by atoms with Crippen LogP contribution in [0.15, 0.2) is 16.6 Å². The summed E-state index contributed by atoms with van der Waals surface area (Å²) in [5, 5.41) is 19.9. The molecule has 4 N–H and O–H groups in total. The van der Waals surface area contributed by atoms with Crippen molar-refractivity contribution in [3.8, 4) is 17.0 Å². The molecule has 2 rings (SSSR count). The quantitative estimate of drug-likeness (QED) is 0.784. The minimum absolute atomic E-state index is 0.0607. The van der Waals surface area contributed by atoms with Gasteiger partial charge in [-0.3, -0.25) is 4.79 Å². The van der Waals surface area contributed by atoms with Crippen molar-refractivity contribution in [1.82, 2.24) is 15.4 Å². The number of carbonyl (C=O) groups excluding carboxylic acids is 1. The van der Waals surface area contributed by atoms with Gasteiger partial charge in [-0.05, 0) is 28.1 Å². The van der Waals surface area contributed by atoms with Crippen molar-refractivity contribution in [2.45, 2.75) is 0 Å². The Bertz CT molecular complexity index is 599. The zero-order valence-electron chi connectivity index (χ0n) is 8.24. The molecule has 88 valence electrons. The number of benzene rings is 1. The Kier molecular flexibility index (Phi) is 3.03. The third-order valence-corrected chi connectivity index (χ3v) is 2.89. The molecule has 0 saturated heterocycles. The number of hydrogen-bond donors (Lipinski definition) is 3. The number of primary amides is 1. The van der Waals surface area contributed by atoms with Crippen molar-refractivity contribution >= 4 is 33.4 Å². The lowest BCUT2D eigenvalue weighted by atomic mass is 10.1. The fourth-order valence-corrected chi connectivity index (χ4v) is 2.15. The van der Waals surface area contributed by atoms with E-state index in [1.807, 2.05) is 0 Å². The van der Waals surface area contributed by atoms with Crippen LogP contribution in [0.25, 0.3) is 11.3 Å². The number of phenolic OH excluding ortho intramolecular Hbond substituents is 1. The van der Waals surface area contributed by atoms with Gasteiger partial charge in [0, 0.05) is 10.6 Å². The average molecular weight is 318 g/mol. The highest BCUT2D eigenvalue weighted by atomic mass is 79.9. The van der Waals surface area contributed by atoms with Crippen LogP contribution in [0.5, 0.6) is 5.75 Å². The van der Waals surface area contributed by atoms with Gasteiger partial charge >= 0.3 is 0 Å².